The molecule has 0 fully saturated rings. The van der Waals surface area contributed by atoms with E-state index in [1.54, 1.807) is 24.5 Å². The maximum absolute atomic E-state index is 12.0. The molecule has 3 rings (SSSR count). The fraction of sp³-hybridized carbons (Fsp3) is 0.167. The average Bonchev–Trinajstić information content (AvgIpc) is 3.15. The zero-order valence-electron chi connectivity index (χ0n) is 14.3. The van der Waals surface area contributed by atoms with Gasteiger partial charge in [-0.05, 0) is 24.3 Å². The lowest BCUT2D eigenvalue weighted by Gasteiger charge is -2.07. The molecule has 2 N–H and O–H groups in total. The standard InChI is InChI=1S/C18H17N5O3S/c24-17(10-15-12-27-18(22-15)13-2-1-7-19-11-13)21-9-8-20-14-3-5-16(6-4-14)23(25)26/h1-7,11-12,20H,8-10H2,(H,21,24). The highest BCUT2D eigenvalue weighted by molar-refractivity contribution is 7.13. The van der Waals surface area contributed by atoms with Crippen molar-refractivity contribution >= 4 is 28.6 Å². The number of rotatable bonds is 8. The first-order valence-corrected chi connectivity index (χ1v) is 9.09. The number of non-ortho nitro benzene ring substituents is 1. The maximum atomic E-state index is 12.0. The second-order valence-corrected chi connectivity index (χ2v) is 6.50. The molecule has 2 heterocycles. The summed E-state index contributed by atoms with van der Waals surface area (Å²) >= 11 is 1.48. The monoisotopic (exact) mass is 383 g/mol. The van der Waals surface area contributed by atoms with Gasteiger partial charge in [-0.3, -0.25) is 19.9 Å². The molecule has 0 unspecified atom stereocenters. The number of amides is 1. The zero-order chi connectivity index (χ0) is 19.1. The number of carbonyl (C=O) groups excluding carboxylic acids is 1. The Bertz CT molecular complexity index is 912. The smallest absolute Gasteiger partial charge is 0.269 e. The Labute approximate surface area is 159 Å². The predicted molar refractivity (Wildman–Crippen MR) is 104 cm³/mol. The summed E-state index contributed by atoms with van der Waals surface area (Å²) in [6.45, 7) is 0.955. The summed E-state index contributed by atoms with van der Waals surface area (Å²) in [6, 6.07) is 9.91. The van der Waals surface area contributed by atoms with Gasteiger partial charge in [0.05, 0.1) is 17.0 Å². The third-order valence-electron chi connectivity index (χ3n) is 3.66. The van der Waals surface area contributed by atoms with Gasteiger partial charge in [-0.1, -0.05) is 0 Å². The molecule has 0 aliphatic heterocycles. The van der Waals surface area contributed by atoms with Crippen LogP contribution in [0.15, 0.2) is 54.2 Å². The molecule has 27 heavy (non-hydrogen) atoms. The molecule has 0 bridgehead atoms. The number of nitrogens with zero attached hydrogens (tertiary/aromatic N) is 3. The van der Waals surface area contributed by atoms with E-state index in [4.69, 9.17) is 0 Å². The summed E-state index contributed by atoms with van der Waals surface area (Å²) in [4.78, 5) is 30.7. The van der Waals surface area contributed by atoms with Crippen LogP contribution in [0.2, 0.25) is 0 Å². The van der Waals surface area contributed by atoms with Crippen molar-refractivity contribution in [1.29, 1.82) is 0 Å². The van der Waals surface area contributed by atoms with E-state index in [0.29, 0.717) is 13.1 Å². The number of pyridine rings is 1. The van der Waals surface area contributed by atoms with Gasteiger partial charge >= 0.3 is 0 Å². The molecular weight excluding hydrogens is 366 g/mol. The van der Waals surface area contributed by atoms with Crippen molar-refractivity contribution in [2.45, 2.75) is 6.42 Å². The molecule has 1 amide bonds. The lowest BCUT2D eigenvalue weighted by atomic mass is 10.3. The van der Waals surface area contributed by atoms with Crippen molar-refractivity contribution in [2.75, 3.05) is 18.4 Å². The van der Waals surface area contributed by atoms with Crippen LogP contribution in [0, 0.1) is 10.1 Å². The van der Waals surface area contributed by atoms with E-state index in [1.807, 2.05) is 17.5 Å². The van der Waals surface area contributed by atoms with Crippen molar-refractivity contribution in [3.8, 4) is 10.6 Å². The fourth-order valence-electron chi connectivity index (χ4n) is 2.35. The first-order chi connectivity index (χ1) is 13.1. The minimum Gasteiger partial charge on any atom is -0.383 e. The van der Waals surface area contributed by atoms with Crippen LogP contribution in [0.1, 0.15) is 5.69 Å². The Hall–Kier alpha value is -3.33. The Balaban J connectivity index is 1.41. The van der Waals surface area contributed by atoms with E-state index in [-0.39, 0.29) is 18.0 Å². The van der Waals surface area contributed by atoms with Crippen LogP contribution in [0.25, 0.3) is 10.6 Å². The SMILES string of the molecule is O=C(Cc1csc(-c2cccnc2)n1)NCCNc1ccc([N+](=O)[O-])cc1. The van der Waals surface area contributed by atoms with Crippen LogP contribution in [0.5, 0.6) is 0 Å². The van der Waals surface area contributed by atoms with E-state index in [9.17, 15) is 14.9 Å². The number of carbonyl (C=O) groups is 1. The topological polar surface area (TPSA) is 110 Å². The first-order valence-electron chi connectivity index (χ1n) is 8.21. The van der Waals surface area contributed by atoms with Gasteiger partial charge in [0, 0.05) is 54.2 Å². The van der Waals surface area contributed by atoms with Crippen molar-refractivity contribution < 1.29 is 9.72 Å². The molecular formula is C18H17N5O3S. The summed E-state index contributed by atoms with van der Waals surface area (Å²) in [6.07, 6.45) is 3.66. The molecule has 0 aliphatic carbocycles. The molecule has 0 atom stereocenters. The van der Waals surface area contributed by atoms with E-state index >= 15 is 0 Å². The number of benzene rings is 1. The zero-order valence-corrected chi connectivity index (χ0v) is 15.1. The van der Waals surface area contributed by atoms with Crippen molar-refractivity contribution in [3.05, 3.63) is 70.0 Å². The molecule has 1 aromatic carbocycles. The molecule has 9 heteroatoms. The quantitative estimate of drug-likeness (QED) is 0.352. The van der Waals surface area contributed by atoms with E-state index in [1.165, 1.54) is 23.5 Å². The van der Waals surface area contributed by atoms with E-state index in [0.717, 1.165) is 22.0 Å². The molecule has 8 nitrogen and oxygen atoms in total. The summed E-state index contributed by atoms with van der Waals surface area (Å²) in [5, 5.41) is 19.2. The Kier molecular flexibility index (Phi) is 6.06. The van der Waals surface area contributed by atoms with Gasteiger partial charge in [-0.25, -0.2) is 4.98 Å². The molecule has 0 radical (unpaired) electrons. The Morgan fingerprint density at radius 1 is 1.19 bits per heavy atom. The highest BCUT2D eigenvalue weighted by Crippen LogP contribution is 2.22. The summed E-state index contributed by atoms with van der Waals surface area (Å²) in [5.41, 5.74) is 2.46. The van der Waals surface area contributed by atoms with Gasteiger partial charge in [0.15, 0.2) is 0 Å². The molecule has 2 aromatic heterocycles. The number of nitrogens with one attached hydrogen (secondary N) is 2. The second-order valence-electron chi connectivity index (χ2n) is 5.64. The van der Waals surface area contributed by atoms with E-state index < -0.39 is 4.92 Å². The van der Waals surface area contributed by atoms with Gasteiger partial charge in [-0.15, -0.1) is 11.3 Å². The van der Waals surface area contributed by atoms with Crippen LogP contribution in [0.3, 0.4) is 0 Å². The molecule has 0 saturated heterocycles. The largest absolute Gasteiger partial charge is 0.383 e. The van der Waals surface area contributed by atoms with Gasteiger partial charge in [0.1, 0.15) is 5.01 Å². The van der Waals surface area contributed by atoms with Crippen molar-refractivity contribution in [2.24, 2.45) is 0 Å². The van der Waals surface area contributed by atoms with Gasteiger partial charge in [0.2, 0.25) is 5.91 Å². The molecule has 0 spiro atoms. The van der Waals surface area contributed by atoms with Crippen molar-refractivity contribution in [3.63, 3.8) is 0 Å². The van der Waals surface area contributed by atoms with Gasteiger partial charge in [0.25, 0.3) is 5.69 Å². The van der Waals surface area contributed by atoms with Crippen LogP contribution in [0.4, 0.5) is 11.4 Å². The normalized spacial score (nSPS) is 10.4. The second kappa shape index (κ2) is 8.86. The lowest BCUT2D eigenvalue weighted by Crippen LogP contribution is -2.30. The summed E-state index contributed by atoms with van der Waals surface area (Å²) in [5.74, 6) is -0.108. The maximum Gasteiger partial charge on any atom is 0.269 e. The number of hydrogen-bond donors (Lipinski definition) is 2. The number of nitro groups is 1. The third-order valence-corrected chi connectivity index (χ3v) is 4.60. The predicted octanol–water partition coefficient (Wildman–Crippen LogP) is 2.88. The number of aromatic nitrogens is 2. The minimum absolute atomic E-state index is 0.0442. The fourth-order valence-corrected chi connectivity index (χ4v) is 3.16. The summed E-state index contributed by atoms with van der Waals surface area (Å²) < 4.78 is 0. The van der Waals surface area contributed by atoms with Gasteiger partial charge in [-0.2, -0.15) is 0 Å². The summed E-state index contributed by atoms with van der Waals surface area (Å²) in [7, 11) is 0. The highest BCUT2D eigenvalue weighted by Gasteiger charge is 2.09. The van der Waals surface area contributed by atoms with Crippen molar-refractivity contribution in [1.82, 2.24) is 15.3 Å². The Morgan fingerprint density at radius 2 is 2.00 bits per heavy atom. The third kappa shape index (κ3) is 5.32. The molecule has 138 valence electrons. The van der Waals surface area contributed by atoms with Crippen LogP contribution < -0.4 is 10.6 Å². The van der Waals surface area contributed by atoms with E-state index in [2.05, 4.69) is 20.6 Å². The number of hydrogen-bond acceptors (Lipinski definition) is 7. The average molecular weight is 383 g/mol. The van der Waals surface area contributed by atoms with Crippen LogP contribution >= 0.6 is 11.3 Å². The Morgan fingerprint density at radius 3 is 2.70 bits per heavy atom. The van der Waals surface area contributed by atoms with Crippen LogP contribution in [-0.4, -0.2) is 33.9 Å². The highest BCUT2D eigenvalue weighted by atomic mass is 32.1. The molecule has 0 aliphatic rings. The van der Waals surface area contributed by atoms with Crippen LogP contribution in [-0.2, 0) is 11.2 Å². The number of anilines is 1. The van der Waals surface area contributed by atoms with Gasteiger partial charge < -0.3 is 10.6 Å². The number of nitro benzene ring substituents is 1. The lowest BCUT2D eigenvalue weighted by molar-refractivity contribution is -0.384. The first kappa shape index (κ1) is 18.5. The number of thiazole rings is 1. The molecule has 0 saturated carbocycles. The molecule has 3 aromatic rings. The minimum atomic E-state index is -0.442.